The van der Waals surface area contributed by atoms with E-state index in [1.807, 2.05) is 13.1 Å². The number of hydrogen-bond donors (Lipinski definition) is 1. The minimum Gasteiger partial charge on any atom is -0.381 e. The van der Waals surface area contributed by atoms with Crippen molar-refractivity contribution in [3.8, 4) is 0 Å². The van der Waals surface area contributed by atoms with Crippen molar-refractivity contribution in [1.82, 2.24) is 0 Å². The summed E-state index contributed by atoms with van der Waals surface area (Å²) in [5.41, 5.74) is 6.65. The maximum absolute atomic E-state index is 13.2. The Hall–Kier alpha value is -1.13. The van der Waals surface area contributed by atoms with Crippen LogP contribution in [-0.4, -0.2) is 32.3 Å². The molecule has 0 atom stereocenters. The third-order valence-corrected chi connectivity index (χ3v) is 3.84. The van der Waals surface area contributed by atoms with E-state index in [-0.39, 0.29) is 17.5 Å². The largest absolute Gasteiger partial charge is 0.381 e. The lowest BCUT2D eigenvalue weighted by atomic mass is 9.72. The van der Waals surface area contributed by atoms with Crippen molar-refractivity contribution in [3.05, 3.63) is 30.1 Å². The topological polar surface area (TPSA) is 38.5 Å². The lowest BCUT2D eigenvalue weighted by Gasteiger charge is -2.52. The molecule has 0 radical (unpaired) electrons. The van der Waals surface area contributed by atoms with Crippen LogP contribution in [-0.2, 0) is 4.74 Å². The van der Waals surface area contributed by atoms with Crippen LogP contribution in [0.4, 0.5) is 10.1 Å². The Bertz CT molecular complexity index is 391. The predicted octanol–water partition coefficient (Wildman–Crippen LogP) is 1.77. The molecule has 1 aliphatic carbocycles. The highest BCUT2D eigenvalue weighted by Gasteiger charge is 2.46. The Labute approximate surface area is 101 Å². The lowest BCUT2D eigenvalue weighted by molar-refractivity contribution is -0.0123. The van der Waals surface area contributed by atoms with E-state index >= 15 is 0 Å². The fourth-order valence-electron chi connectivity index (χ4n) is 2.49. The first-order valence-corrected chi connectivity index (χ1v) is 5.83. The number of likely N-dealkylation sites (N-methyl/N-ethyl adjacent to an activating group) is 1. The molecule has 1 aliphatic rings. The highest BCUT2D eigenvalue weighted by atomic mass is 19.1. The Morgan fingerprint density at radius 1 is 1.53 bits per heavy atom. The molecule has 0 spiro atoms. The average Bonchev–Trinajstić information content (AvgIpc) is 2.28. The van der Waals surface area contributed by atoms with Crippen molar-refractivity contribution in [2.24, 2.45) is 5.73 Å². The maximum Gasteiger partial charge on any atom is 0.125 e. The molecule has 0 bridgehead atoms. The Balaban J connectivity index is 2.16. The highest BCUT2D eigenvalue weighted by Crippen LogP contribution is 2.40. The normalized spacial score (nSPS) is 27.6. The third-order valence-electron chi connectivity index (χ3n) is 3.84. The van der Waals surface area contributed by atoms with Gasteiger partial charge in [0, 0.05) is 26.4 Å². The van der Waals surface area contributed by atoms with Crippen molar-refractivity contribution in [1.29, 1.82) is 0 Å². The van der Waals surface area contributed by atoms with Crippen LogP contribution < -0.4 is 10.6 Å². The molecule has 0 amide bonds. The summed E-state index contributed by atoms with van der Waals surface area (Å²) >= 11 is 0. The Morgan fingerprint density at radius 3 is 2.76 bits per heavy atom. The number of nitrogens with zero attached hydrogens (tertiary/aromatic N) is 1. The molecule has 0 saturated heterocycles. The zero-order valence-electron chi connectivity index (χ0n) is 10.3. The van der Waals surface area contributed by atoms with E-state index in [2.05, 4.69) is 4.90 Å². The molecule has 3 nitrogen and oxygen atoms in total. The van der Waals surface area contributed by atoms with Gasteiger partial charge in [0.05, 0.1) is 11.6 Å². The number of halogens is 1. The van der Waals surface area contributed by atoms with Gasteiger partial charge in [0.25, 0.3) is 0 Å². The number of benzene rings is 1. The smallest absolute Gasteiger partial charge is 0.125 e. The van der Waals surface area contributed by atoms with Gasteiger partial charge >= 0.3 is 0 Å². The van der Waals surface area contributed by atoms with E-state index in [0.29, 0.717) is 6.54 Å². The van der Waals surface area contributed by atoms with E-state index in [0.717, 1.165) is 18.5 Å². The molecular formula is C13H19FN2O. The summed E-state index contributed by atoms with van der Waals surface area (Å²) in [6.07, 6.45) is 2.06. The Morgan fingerprint density at radius 2 is 2.24 bits per heavy atom. The van der Waals surface area contributed by atoms with Crippen LogP contribution >= 0.6 is 0 Å². The van der Waals surface area contributed by atoms with E-state index in [4.69, 9.17) is 10.5 Å². The number of nitrogens with two attached hydrogens (primary N) is 1. The third kappa shape index (κ3) is 2.15. The van der Waals surface area contributed by atoms with Gasteiger partial charge in [0.1, 0.15) is 5.82 Å². The molecule has 1 aromatic carbocycles. The van der Waals surface area contributed by atoms with Crippen LogP contribution in [0.1, 0.15) is 12.8 Å². The molecule has 1 saturated carbocycles. The van der Waals surface area contributed by atoms with Gasteiger partial charge in [-0.05, 0) is 31.0 Å². The second-order valence-corrected chi connectivity index (χ2v) is 4.73. The summed E-state index contributed by atoms with van der Waals surface area (Å²) in [5.74, 6) is -0.218. The first kappa shape index (κ1) is 12.3. The lowest BCUT2D eigenvalue weighted by Crippen LogP contribution is -2.63. The quantitative estimate of drug-likeness (QED) is 0.868. The standard InChI is InChI=1S/C13H19FN2O/c1-16(11-5-3-4-10(14)6-11)13(9-15)7-12(8-13)17-2/h3-6,12H,7-9,15H2,1-2H3. The molecule has 2 rings (SSSR count). The minimum atomic E-state index is -0.218. The molecule has 17 heavy (non-hydrogen) atoms. The monoisotopic (exact) mass is 238 g/mol. The molecule has 0 heterocycles. The summed E-state index contributed by atoms with van der Waals surface area (Å²) in [5, 5.41) is 0. The molecule has 1 fully saturated rings. The van der Waals surface area contributed by atoms with Gasteiger partial charge in [-0.1, -0.05) is 6.07 Å². The number of ether oxygens (including phenoxy) is 1. The number of methoxy groups -OCH3 is 1. The molecule has 1 aromatic rings. The molecule has 94 valence electrons. The van der Waals surface area contributed by atoms with E-state index in [1.165, 1.54) is 12.1 Å². The van der Waals surface area contributed by atoms with Crippen molar-refractivity contribution in [2.75, 3.05) is 25.6 Å². The zero-order chi connectivity index (χ0) is 12.5. The predicted molar refractivity (Wildman–Crippen MR) is 66.6 cm³/mol. The SMILES string of the molecule is COC1CC(CN)(N(C)c2cccc(F)c2)C1. The van der Waals surface area contributed by atoms with Crippen LogP contribution in [0.25, 0.3) is 0 Å². The zero-order valence-corrected chi connectivity index (χ0v) is 10.3. The number of hydrogen-bond acceptors (Lipinski definition) is 3. The van der Waals surface area contributed by atoms with Gasteiger partial charge in [0.15, 0.2) is 0 Å². The molecule has 4 heteroatoms. The van der Waals surface area contributed by atoms with E-state index in [9.17, 15) is 4.39 Å². The van der Waals surface area contributed by atoms with Crippen LogP contribution in [0.3, 0.4) is 0 Å². The van der Waals surface area contributed by atoms with Crippen molar-refractivity contribution < 1.29 is 9.13 Å². The van der Waals surface area contributed by atoms with Gasteiger partial charge in [0.2, 0.25) is 0 Å². The van der Waals surface area contributed by atoms with E-state index in [1.54, 1.807) is 13.2 Å². The van der Waals surface area contributed by atoms with Gasteiger partial charge in [-0.15, -0.1) is 0 Å². The maximum atomic E-state index is 13.2. The van der Waals surface area contributed by atoms with Crippen LogP contribution in [0, 0.1) is 5.82 Å². The molecule has 2 N–H and O–H groups in total. The summed E-state index contributed by atoms with van der Waals surface area (Å²) < 4.78 is 18.5. The highest BCUT2D eigenvalue weighted by molar-refractivity contribution is 5.49. The second kappa shape index (κ2) is 4.63. The number of rotatable bonds is 4. The van der Waals surface area contributed by atoms with Gasteiger partial charge in [-0.3, -0.25) is 0 Å². The molecular weight excluding hydrogens is 219 g/mol. The summed E-state index contributed by atoms with van der Waals surface area (Å²) in [4.78, 5) is 2.07. The van der Waals surface area contributed by atoms with Crippen molar-refractivity contribution in [3.63, 3.8) is 0 Å². The fraction of sp³-hybridized carbons (Fsp3) is 0.538. The van der Waals surface area contributed by atoms with Crippen LogP contribution in [0.2, 0.25) is 0 Å². The summed E-state index contributed by atoms with van der Waals surface area (Å²) in [6, 6.07) is 6.61. The van der Waals surface area contributed by atoms with E-state index < -0.39 is 0 Å². The first-order valence-electron chi connectivity index (χ1n) is 5.83. The van der Waals surface area contributed by atoms with Crippen LogP contribution in [0.15, 0.2) is 24.3 Å². The van der Waals surface area contributed by atoms with Gasteiger partial charge < -0.3 is 15.4 Å². The van der Waals surface area contributed by atoms with Gasteiger partial charge in [-0.25, -0.2) is 4.39 Å². The minimum absolute atomic E-state index is 0.0888. The van der Waals surface area contributed by atoms with Gasteiger partial charge in [-0.2, -0.15) is 0 Å². The van der Waals surface area contributed by atoms with Crippen LogP contribution in [0.5, 0.6) is 0 Å². The average molecular weight is 238 g/mol. The van der Waals surface area contributed by atoms with Crippen molar-refractivity contribution in [2.45, 2.75) is 24.5 Å². The second-order valence-electron chi connectivity index (χ2n) is 4.73. The molecule has 0 aliphatic heterocycles. The Kier molecular flexibility index (Phi) is 3.35. The molecule has 0 aromatic heterocycles. The van der Waals surface area contributed by atoms with Crippen molar-refractivity contribution >= 4 is 5.69 Å². The summed E-state index contributed by atoms with van der Waals surface area (Å²) in [6.45, 7) is 0.555. The number of anilines is 1. The summed E-state index contributed by atoms with van der Waals surface area (Å²) in [7, 11) is 3.68. The molecule has 0 unspecified atom stereocenters. The first-order chi connectivity index (χ1) is 8.11. The fourth-order valence-corrected chi connectivity index (χ4v) is 2.49.